The van der Waals surface area contributed by atoms with Crippen LogP contribution in [0.15, 0.2) is 18.2 Å². The third-order valence-corrected chi connectivity index (χ3v) is 3.56. The van der Waals surface area contributed by atoms with Gasteiger partial charge in [0.25, 0.3) is 0 Å². The molecule has 0 unspecified atom stereocenters. The second kappa shape index (κ2) is 7.38. The third kappa shape index (κ3) is 3.92. The van der Waals surface area contributed by atoms with Crippen molar-refractivity contribution in [1.82, 2.24) is 10.2 Å². The number of alkyl halides is 1. The molecule has 0 saturated carbocycles. The highest BCUT2D eigenvalue weighted by Crippen LogP contribution is 2.32. The van der Waals surface area contributed by atoms with Gasteiger partial charge in [-0.15, -0.1) is 0 Å². The molecule has 0 amide bonds. The highest BCUT2D eigenvalue weighted by molar-refractivity contribution is 5.70. The lowest BCUT2D eigenvalue weighted by Crippen LogP contribution is -2.45. The van der Waals surface area contributed by atoms with Gasteiger partial charge in [0.1, 0.15) is 6.67 Å². The third-order valence-electron chi connectivity index (χ3n) is 3.56. The van der Waals surface area contributed by atoms with E-state index >= 15 is 0 Å². The van der Waals surface area contributed by atoms with Crippen LogP contribution in [0, 0.1) is 0 Å². The first-order valence-electron chi connectivity index (χ1n) is 7.02. The number of hydrogen-bond donors (Lipinski definition) is 1. The minimum absolute atomic E-state index is 0.299. The van der Waals surface area contributed by atoms with Gasteiger partial charge in [0.2, 0.25) is 0 Å². The second-order valence-electron chi connectivity index (χ2n) is 4.96. The second-order valence-corrected chi connectivity index (χ2v) is 4.96. The van der Waals surface area contributed by atoms with Crippen molar-refractivity contribution in [1.29, 1.82) is 0 Å². The molecule has 1 aliphatic heterocycles. The molecule has 1 aromatic carbocycles. The summed E-state index contributed by atoms with van der Waals surface area (Å²) in [5.74, 6) is 0.383. The first-order chi connectivity index (χ1) is 10.2. The van der Waals surface area contributed by atoms with Crippen molar-refractivity contribution < 1.29 is 18.7 Å². The normalized spacial score (nSPS) is 17.3. The fourth-order valence-corrected chi connectivity index (χ4v) is 2.52. The van der Waals surface area contributed by atoms with Crippen molar-refractivity contribution in [3.63, 3.8) is 0 Å². The van der Waals surface area contributed by atoms with E-state index in [1.807, 2.05) is 0 Å². The fraction of sp³-hybridized carbons (Fsp3) is 0.533. The summed E-state index contributed by atoms with van der Waals surface area (Å²) < 4.78 is 23.8. The van der Waals surface area contributed by atoms with Gasteiger partial charge in [0, 0.05) is 33.1 Å². The fourth-order valence-electron chi connectivity index (χ4n) is 2.52. The summed E-state index contributed by atoms with van der Waals surface area (Å²) in [5.41, 5.74) is 0.826. The number of benzene rings is 1. The van der Waals surface area contributed by atoms with Crippen LogP contribution < -0.4 is 14.8 Å². The number of esters is 1. The molecule has 0 spiro atoms. The van der Waals surface area contributed by atoms with Crippen LogP contribution in [0.3, 0.4) is 0 Å². The molecule has 1 saturated heterocycles. The number of nitrogens with zero attached hydrogens (tertiary/aromatic N) is 1. The minimum atomic E-state index is -0.462. The molecule has 1 atom stereocenters. The maximum Gasteiger partial charge on any atom is 0.308 e. The Bertz CT molecular complexity index is 490. The van der Waals surface area contributed by atoms with Gasteiger partial charge in [-0.1, -0.05) is 6.07 Å². The Hall–Kier alpha value is -1.66. The van der Waals surface area contributed by atoms with Crippen LogP contribution >= 0.6 is 0 Å². The predicted octanol–water partition coefficient (Wildman–Crippen LogP) is 1.54. The van der Waals surface area contributed by atoms with Crippen molar-refractivity contribution in [3.05, 3.63) is 23.8 Å². The van der Waals surface area contributed by atoms with Crippen LogP contribution in [0.25, 0.3) is 0 Å². The zero-order valence-electron chi connectivity index (χ0n) is 12.4. The first kappa shape index (κ1) is 15.7. The van der Waals surface area contributed by atoms with Gasteiger partial charge >= 0.3 is 5.97 Å². The predicted molar refractivity (Wildman–Crippen MR) is 77.5 cm³/mol. The summed E-state index contributed by atoms with van der Waals surface area (Å²) in [4.78, 5) is 13.2. The Balaban J connectivity index is 2.22. The zero-order chi connectivity index (χ0) is 15.2. The molecule has 116 valence electrons. The number of hydrogen-bond acceptors (Lipinski definition) is 5. The Kier molecular flexibility index (Phi) is 5.52. The van der Waals surface area contributed by atoms with Gasteiger partial charge in [-0.25, -0.2) is 4.39 Å². The summed E-state index contributed by atoms with van der Waals surface area (Å²) in [7, 11) is 1.50. The van der Waals surface area contributed by atoms with E-state index in [-0.39, 0.29) is 6.04 Å². The molecule has 21 heavy (non-hydrogen) atoms. The molecule has 0 radical (unpaired) electrons. The summed E-state index contributed by atoms with van der Waals surface area (Å²) in [6.07, 6.45) is 0. The molecule has 1 aromatic rings. The Morgan fingerprint density at radius 1 is 1.38 bits per heavy atom. The highest BCUT2D eigenvalue weighted by atomic mass is 19.1. The van der Waals surface area contributed by atoms with E-state index in [2.05, 4.69) is 10.2 Å². The summed E-state index contributed by atoms with van der Waals surface area (Å²) in [5, 5.41) is 3.25. The smallest absolute Gasteiger partial charge is 0.308 e. The van der Waals surface area contributed by atoms with E-state index in [9.17, 15) is 9.18 Å². The number of methoxy groups -OCH3 is 1. The van der Waals surface area contributed by atoms with Crippen molar-refractivity contribution in [2.24, 2.45) is 0 Å². The quantitative estimate of drug-likeness (QED) is 0.660. The van der Waals surface area contributed by atoms with E-state index in [4.69, 9.17) is 9.47 Å². The monoisotopic (exact) mass is 296 g/mol. The van der Waals surface area contributed by atoms with Crippen LogP contribution in [0.5, 0.6) is 11.5 Å². The lowest BCUT2D eigenvalue weighted by Gasteiger charge is -2.33. The van der Waals surface area contributed by atoms with Crippen LogP contribution in [0.1, 0.15) is 18.5 Å². The van der Waals surface area contributed by atoms with Crippen molar-refractivity contribution in [2.75, 3.05) is 40.0 Å². The molecular weight excluding hydrogens is 275 g/mol. The van der Waals surface area contributed by atoms with Crippen LogP contribution in [0.2, 0.25) is 0 Å². The average molecular weight is 296 g/mol. The summed E-state index contributed by atoms with van der Waals surface area (Å²) in [6, 6.07) is 4.88. The molecule has 2 rings (SSSR count). The number of nitrogens with one attached hydrogen (secondary N) is 1. The molecular formula is C15H21FN2O3. The summed E-state index contributed by atoms with van der Waals surface area (Å²) >= 11 is 0. The van der Waals surface area contributed by atoms with Crippen molar-refractivity contribution >= 4 is 5.97 Å². The Morgan fingerprint density at radius 3 is 2.67 bits per heavy atom. The molecule has 0 bridgehead atoms. The van der Waals surface area contributed by atoms with Gasteiger partial charge < -0.3 is 14.8 Å². The van der Waals surface area contributed by atoms with Crippen LogP contribution in [-0.4, -0.2) is 50.8 Å². The maximum absolute atomic E-state index is 13.5. The van der Waals surface area contributed by atoms with Gasteiger partial charge in [-0.2, -0.15) is 0 Å². The number of carbonyl (C=O) groups excluding carboxylic acids is 1. The molecule has 1 N–H and O–H groups in total. The van der Waals surface area contributed by atoms with E-state index < -0.39 is 12.6 Å². The molecule has 1 heterocycles. The Morgan fingerprint density at radius 2 is 2.10 bits per heavy atom. The number of piperazine rings is 1. The van der Waals surface area contributed by atoms with Gasteiger partial charge in [0.15, 0.2) is 11.5 Å². The van der Waals surface area contributed by atoms with E-state index in [0.29, 0.717) is 11.5 Å². The van der Waals surface area contributed by atoms with E-state index in [0.717, 1.165) is 31.7 Å². The average Bonchev–Trinajstić information content (AvgIpc) is 2.50. The molecule has 1 aliphatic rings. The zero-order valence-corrected chi connectivity index (χ0v) is 12.4. The van der Waals surface area contributed by atoms with E-state index in [1.165, 1.54) is 14.0 Å². The number of ether oxygens (including phenoxy) is 2. The van der Waals surface area contributed by atoms with Crippen molar-refractivity contribution in [3.8, 4) is 11.5 Å². The first-order valence-corrected chi connectivity index (χ1v) is 7.02. The highest BCUT2D eigenvalue weighted by Gasteiger charge is 2.23. The lowest BCUT2D eigenvalue weighted by atomic mass is 10.0. The standard InChI is InChI=1S/C15H21FN2O3/c1-11(19)21-14-4-3-12(9-15(14)20-2)13(10-16)18-7-5-17-6-8-18/h3-4,9,13,17H,5-8,10H2,1-2H3/t13-/m1/s1. The minimum Gasteiger partial charge on any atom is -0.493 e. The topological polar surface area (TPSA) is 50.8 Å². The molecule has 0 aliphatic carbocycles. The lowest BCUT2D eigenvalue weighted by molar-refractivity contribution is -0.132. The Labute approximate surface area is 124 Å². The molecule has 5 nitrogen and oxygen atoms in total. The maximum atomic E-state index is 13.5. The number of rotatable bonds is 5. The SMILES string of the molecule is COc1cc([C@@H](CF)N2CCNCC2)ccc1OC(C)=O. The van der Waals surface area contributed by atoms with Crippen LogP contribution in [0.4, 0.5) is 4.39 Å². The largest absolute Gasteiger partial charge is 0.493 e. The van der Waals surface area contributed by atoms with Gasteiger partial charge in [-0.05, 0) is 17.7 Å². The molecule has 0 aromatic heterocycles. The van der Waals surface area contributed by atoms with E-state index in [1.54, 1.807) is 18.2 Å². The van der Waals surface area contributed by atoms with Crippen LogP contribution in [-0.2, 0) is 4.79 Å². The number of carbonyl (C=O) groups is 1. The van der Waals surface area contributed by atoms with Crippen molar-refractivity contribution in [2.45, 2.75) is 13.0 Å². The summed E-state index contributed by atoms with van der Waals surface area (Å²) in [6.45, 7) is 4.21. The number of halogens is 1. The molecule has 6 heteroatoms. The van der Waals surface area contributed by atoms with Gasteiger partial charge in [0.05, 0.1) is 13.2 Å². The van der Waals surface area contributed by atoms with Gasteiger partial charge in [-0.3, -0.25) is 9.69 Å². The molecule has 1 fully saturated rings.